The van der Waals surface area contributed by atoms with Crippen LogP contribution in [0.15, 0.2) is 134 Å². The summed E-state index contributed by atoms with van der Waals surface area (Å²) in [4.78, 5) is 51.2. The lowest BCUT2D eigenvalue weighted by Crippen LogP contribution is -2.14. The Balaban J connectivity index is 0.764. The van der Waals surface area contributed by atoms with Crippen molar-refractivity contribution >= 4 is 45.9 Å². The fourth-order valence-corrected chi connectivity index (χ4v) is 8.45. The Labute approximate surface area is 397 Å². The van der Waals surface area contributed by atoms with Gasteiger partial charge in [0, 0.05) is 46.0 Å². The monoisotopic (exact) mass is 930 g/mol. The van der Waals surface area contributed by atoms with Gasteiger partial charge in [0.05, 0.1) is 73.2 Å². The maximum Gasteiger partial charge on any atom is 0.337 e. The number of ketones is 2. The summed E-state index contributed by atoms with van der Waals surface area (Å²) in [6.07, 6.45) is 3.62. The summed E-state index contributed by atoms with van der Waals surface area (Å²) >= 11 is 0. The lowest BCUT2D eigenvalue weighted by molar-refractivity contribution is 0.00499. The number of carbonyl (C=O) groups excluding carboxylic acids is 2. The fourth-order valence-electron chi connectivity index (χ4n) is 8.45. The number of benzene rings is 4. The molecule has 0 saturated heterocycles. The third-order valence-electron chi connectivity index (χ3n) is 11.7. The number of pyridine rings is 2. The van der Waals surface area contributed by atoms with E-state index in [4.69, 9.17) is 35.2 Å². The molecule has 0 amide bonds. The van der Waals surface area contributed by atoms with E-state index >= 15 is 0 Å². The van der Waals surface area contributed by atoms with Crippen molar-refractivity contribution in [3.8, 4) is 33.8 Å². The van der Waals surface area contributed by atoms with Crippen LogP contribution in [-0.2, 0) is 14.2 Å². The van der Waals surface area contributed by atoms with Crippen LogP contribution in [0.1, 0.15) is 63.9 Å². The topological polar surface area (TPSA) is 216 Å². The number of carboxylic acids is 2. The van der Waals surface area contributed by atoms with Gasteiger partial charge in [0.2, 0.25) is 11.6 Å². The van der Waals surface area contributed by atoms with E-state index in [0.717, 1.165) is 44.4 Å². The van der Waals surface area contributed by atoms with E-state index in [0.29, 0.717) is 75.7 Å². The number of anilines is 2. The predicted octanol–water partition coefficient (Wildman–Crippen LogP) is 8.67. The van der Waals surface area contributed by atoms with Crippen molar-refractivity contribution in [1.29, 1.82) is 0 Å². The number of carboxylic acid groups (broad SMARTS) is 2. The summed E-state index contributed by atoms with van der Waals surface area (Å²) in [5.41, 5.74) is 19.4. The zero-order chi connectivity index (χ0) is 48.6. The van der Waals surface area contributed by atoms with Gasteiger partial charge >= 0.3 is 11.9 Å². The third-order valence-corrected chi connectivity index (χ3v) is 11.7. The summed E-state index contributed by atoms with van der Waals surface area (Å²) < 4.78 is 32.8. The molecule has 6 N–H and O–H groups in total. The number of hydrogen-bond donors (Lipinski definition) is 4. The first kappa shape index (κ1) is 47.3. The highest BCUT2D eigenvalue weighted by Crippen LogP contribution is 2.37. The number of nitrogens with zero attached hydrogens (tertiary/aromatic N) is 2. The molecule has 0 fully saturated rings. The largest absolute Gasteiger partial charge is 0.491 e. The summed E-state index contributed by atoms with van der Waals surface area (Å²) in [6.45, 7) is 6.55. The Bertz CT molecular complexity index is 3010. The zero-order valence-electron chi connectivity index (χ0n) is 38.0. The molecule has 4 aromatic carbocycles. The Morgan fingerprint density at radius 3 is 1.26 bits per heavy atom. The molecule has 69 heavy (non-hydrogen) atoms. The van der Waals surface area contributed by atoms with Crippen LogP contribution in [0.3, 0.4) is 0 Å². The van der Waals surface area contributed by atoms with Gasteiger partial charge in [-0.3, -0.25) is 9.59 Å². The van der Waals surface area contributed by atoms with Crippen molar-refractivity contribution in [3.05, 3.63) is 178 Å². The number of aromatic nitrogens is 2. The first-order valence-electron chi connectivity index (χ1n) is 22.2. The molecule has 0 saturated carbocycles. The lowest BCUT2D eigenvalue weighted by Gasteiger charge is -2.10. The van der Waals surface area contributed by atoms with Crippen LogP contribution in [0, 0.1) is 13.8 Å². The minimum Gasteiger partial charge on any atom is -0.491 e. The molecule has 4 heterocycles. The molecule has 0 radical (unpaired) electrons. The standard InChI is InChI=1S/C54H50N4O11/c1-33-47(45-13-3-5-19-57(45)49(33)51(59)37-15-17-43(55)41(31-37)53(61)62)35-9-7-11-39(29-35)68-27-25-66-23-21-65-22-24-67-26-28-69-40-12-8-10-36(30-40)48-34(2)50(58-20-6-4-14-46(48)58)52(60)38-16-18-44(56)42(32-38)54(63)64/h3-20,29-32H,21-28,55-56H2,1-2H3,(H,61,62)(H,63,64). The molecule has 4 aromatic heterocycles. The van der Waals surface area contributed by atoms with Gasteiger partial charge < -0.3 is 54.2 Å². The van der Waals surface area contributed by atoms with Crippen molar-refractivity contribution in [1.82, 2.24) is 8.80 Å². The van der Waals surface area contributed by atoms with E-state index in [9.17, 15) is 29.4 Å². The molecule has 0 aliphatic rings. The number of nitrogens with two attached hydrogens (primary N) is 2. The summed E-state index contributed by atoms with van der Waals surface area (Å²) in [5.74, 6) is -1.78. The Morgan fingerprint density at radius 2 is 0.870 bits per heavy atom. The molecule has 8 aromatic rings. The summed E-state index contributed by atoms with van der Waals surface area (Å²) in [5, 5.41) is 19.2. The number of aromatic carboxylic acids is 2. The van der Waals surface area contributed by atoms with Crippen LogP contribution < -0.4 is 20.9 Å². The average molecular weight is 931 g/mol. The molecule has 8 rings (SSSR count). The Hall–Kier alpha value is -8.24. The van der Waals surface area contributed by atoms with Gasteiger partial charge in [0.15, 0.2) is 0 Å². The SMILES string of the molecule is Cc1c(-c2cccc(OCCOCCOCCOCCOc3cccc(-c4c(C)c(C(=O)c5ccc(N)c(C(=O)O)c5)n5ccccc45)c3)c2)c2ccccn2c1C(=O)c1ccc(N)c(C(=O)O)c1. The Kier molecular flexibility index (Phi) is 14.5. The highest BCUT2D eigenvalue weighted by atomic mass is 16.6. The number of nitrogen functional groups attached to an aromatic ring is 2. The summed E-state index contributed by atoms with van der Waals surface area (Å²) in [7, 11) is 0. The van der Waals surface area contributed by atoms with Crippen molar-refractivity contribution in [2.75, 3.05) is 64.3 Å². The molecule has 352 valence electrons. The minimum atomic E-state index is -1.20. The van der Waals surface area contributed by atoms with Gasteiger partial charge in [0.1, 0.15) is 24.7 Å². The molecule has 0 atom stereocenters. The van der Waals surface area contributed by atoms with E-state index in [2.05, 4.69) is 0 Å². The molecular formula is C54H50N4O11. The maximum absolute atomic E-state index is 13.9. The number of carbonyl (C=O) groups is 4. The second kappa shape index (κ2) is 21.2. The summed E-state index contributed by atoms with van der Waals surface area (Å²) in [6, 6.07) is 35.1. The van der Waals surface area contributed by atoms with Crippen molar-refractivity contribution in [3.63, 3.8) is 0 Å². The van der Waals surface area contributed by atoms with E-state index in [1.165, 1.54) is 36.4 Å². The van der Waals surface area contributed by atoms with Gasteiger partial charge in [-0.05, 0) is 121 Å². The second-order valence-corrected chi connectivity index (χ2v) is 16.1. The second-order valence-electron chi connectivity index (χ2n) is 16.1. The molecule has 0 bridgehead atoms. The quantitative estimate of drug-likeness (QED) is 0.0285. The smallest absolute Gasteiger partial charge is 0.337 e. The Morgan fingerprint density at radius 1 is 0.478 bits per heavy atom. The van der Waals surface area contributed by atoms with Crippen molar-refractivity contribution in [2.24, 2.45) is 0 Å². The lowest BCUT2D eigenvalue weighted by atomic mass is 9.98. The minimum absolute atomic E-state index is 0.0844. The molecule has 0 unspecified atom stereocenters. The van der Waals surface area contributed by atoms with E-state index in [-0.39, 0.29) is 45.2 Å². The predicted molar refractivity (Wildman–Crippen MR) is 261 cm³/mol. The van der Waals surface area contributed by atoms with Crippen LogP contribution in [-0.4, -0.2) is 95.4 Å². The van der Waals surface area contributed by atoms with Gasteiger partial charge in [0.25, 0.3) is 0 Å². The molecule has 15 nitrogen and oxygen atoms in total. The van der Waals surface area contributed by atoms with Crippen LogP contribution in [0.25, 0.3) is 33.3 Å². The highest BCUT2D eigenvalue weighted by molar-refractivity contribution is 6.14. The van der Waals surface area contributed by atoms with Crippen molar-refractivity contribution in [2.45, 2.75) is 13.8 Å². The highest BCUT2D eigenvalue weighted by Gasteiger charge is 2.26. The van der Waals surface area contributed by atoms with Gasteiger partial charge in [-0.15, -0.1) is 0 Å². The van der Waals surface area contributed by atoms with E-state index in [1.54, 1.807) is 0 Å². The van der Waals surface area contributed by atoms with Gasteiger partial charge in [-0.1, -0.05) is 36.4 Å². The molecule has 0 spiro atoms. The van der Waals surface area contributed by atoms with E-state index in [1.807, 2.05) is 120 Å². The van der Waals surface area contributed by atoms with E-state index < -0.39 is 11.9 Å². The third kappa shape index (κ3) is 10.2. The maximum atomic E-state index is 13.9. The fraction of sp³-hybridized carbons (Fsp3) is 0.185. The van der Waals surface area contributed by atoms with Gasteiger partial charge in [-0.2, -0.15) is 0 Å². The number of rotatable bonds is 22. The molecular weight excluding hydrogens is 881 g/mol. The first-order chi connectivity index (χ1) is 33.4. The van der Waals surface area contributed by atoms with Crippen molar-refractivity contribution < 1.29 is 53.1 Å². The molecule has 0 aliphatic heterocycles. The number of ether oxygens (including phenoxy) is 5. The normalized spacial score (nSPS) is 11.3. The van der Waals surface area contributed by atoms with Crippen LogP contribution in [0.5, 0.6) is 11.5 Å². The van der Waals surface area contributed by atoms with Gasteiger partial charge in [-0.25, -0.2) is 9.59 Å². The number of fused-ring (bicyclic) bond motifs is 2. The van der Waals surface area contributed by atoms with Crippen LogP contribution in [0.4, 0.5) is 11.4 Å². The zero-order valence-corrected chi connectivity index (χ0v) is 38.0. The molecule has 0 aliphatic carbocycles. The van der Waals surface area contributed by atoms with Crippen LogP contribution in [0.2, 0.25) is 0 Å². The molecule has 15 heteroatoms. The van der Waals surface area contributed by atoms with Crippen LogP contribution >= 0.6 is 0 Å². The first-order valence-corrected chi connectivity index (χ1v) is 22.2. The number of hydrogen-bond acceptors (Lipinski definition) is 11. The average Bonchev–Trinajstić information content (AvgIpc) is 3.82.